The van der Waals surface area contributed by atoms with Gasteiger partial charge in [-0.1, -0.05) is 18.0 Å². The summed E-state index contributed by atoms with van der Waals surface area (Å²) in [5.74, 6) is 2.25. The number of likely N-dealkylation sites (tertiary alicyclic amines) is 1. The first kappa shape index (κ1) is 18.6. The van der Waals surface area contributed by atoms with Gasteiger partial charge in [0.1, 0.15) is 0 Å². The number of amides is 1. The van der Waals surface area contributed by atoms with Crippen molar-refractivity contribution in [3.8, 4) is 22.9 Å². The van der Waals surface area contributed by atoms with Crippen molar-refractivity contribution in [1.82, 2.24) is 15.0 Å². The number of carbonyl (C=O) groups is 1. The molecule has 0 radical (unpaired) electrons. The molecule has 2 heterocycles. The molecule has 1 aliphatic heterocycles. The SMILES string of the molecule is COc1ccc(-c2noc(NC3CCN(C(=O)C4CCCC4)C3)n2)cc1OC. The summed E-state index contributed by atoms with van der Waals surface area (Å²) >= 11 is 0. The third kappa shape index (κ3) is 3.76. The van der Waals surface area contributed by atoms with E-state index in [1.807, 2.05) is 17.0 Å². The lowest BCUT2D eigenvalue weighted by Crippen LogP contribution is -2.35. The van der Waals surface area contributed by atoms with Gasteiger partial charge in [0.05, 0.1) is 14.2 Å². The lowest BCUT2D eigenvalue weighted by Gasteiger charge is -2.20. The third-order valence-corrected chi connectivity index (χ3v) is 5.60. The molecule has 0 spiro atoms. The van der Waals surface area contributed by atoms with Crippen LogP contribution in [0.15, 0.2) is 22.7 Å². The Bertz CT molecular complexity index is 831. The molecule has 8 nitrogen and oxygen atoms in total. The minimum atomic E-state index is 0.129. The summed E-state index contributed by atoms with van der Waals surface area (Å²) in [4.78, 5) is 19.0. The number of ether oxygens (including phenoxy) is 2. The number of nitrogens with zero attached hydrogens (tertiary/aromatic N) is 3. The van der Waals surface area contributed by atoms with Crippen LogP contribution in [-0.2, 0) is 4.79 Å². The van der Waals surface area contributed by atoms with Crippen molar-refractivity contribution >= 4 is 11.9 Å². The van der Waals surface area contributed by atoms with Gasteiger partial charge >= 0.3 is 6.01 Å². The first-order valence-electron chi connectivity index (χ1n) is 9.79. The van der Waals surface area contributed by atoms with E-state index in [0.29, 0.717) is 35.8 Å². The van der Waals surface area contributed by atoms with Gasteiger partial charge in [0.2, 0.25) is 11.7 Å². The molecule has 1 saturated carbocycles. The fourth-order valence-electron chi connectivity index (χ4n) is 4.06. The van der Waals surface area contributed by atoms with E-state index in [-0.39, 0.29) is 12.0 Å². The van der Waals surface area contributed by atoms with E-state index in [1.54, 1.807) is 20.3 Å². The summed E-state index contributed by atoms with van der Waals surface area (Å²) in [6.45, 7) is 1.47. The number of carbonyl (C=O) groups excluding carboxylic acids is 1. The van der Waals surface area contributed by atoms with Crippen LogP contribution in [0.25, 0.3) is 11.4 Å². The molecular weight excluding hydrogens is 360 g/mol. The molecule has 0 bridgehead atoms. The van der Waals surface area contributed by atoms with Crippen molar-refractivity contribution in [3.63, 3.8) is 0 Å². The lowest BCUT2D eigenvalue weighted by atomic mass is 10.1. The average Bonchev–Trinajstić information content (AvgIpc) is 3.49. The molecule has 4 rings (SSSR count). The summed E-state index contributed by atoms with van der Waals surface area (Å²) in [7, 11) is 3.18. The van der Waals surface area contributed by atoms with E-state index < -0.39 is 0 Å². The molecular formula is C20H26N4O4. The van der Waals surface area contributed by atoms with Crippen LogP contribution in [-0.4, -0.2) is 54.3 Å². The number of methoxy groups -OCH3 is 2. The molecule has 2 aromatic rings. The minimum Gasteiger partial charge on any atom is -0.493 e. The van der Waals surface area contributed by atoms with Crippen LogP contribution < -0.4 is 14.8 Å². The second-order valence-electron chi connectivity index (χ2n) is 7.39. The van der Waals surface area contributed by atoms with Crippen molar-refractivity contribution in [2.75, 3.05) is 32.6 Å². The maximum atomic E-state index is 12.6. The Balaban J connectivity index is 1.38. The van der Waals surface area contributed by atoms with E-state index in [2.05, 4.69) is 15.5 Å². The summed E-state index contributed by atoms with van der Waals surface area (Å²) < 4.78 is 15.9. The van der Waals surface area contributed by atoms with Gasteiger partial charge in [0, 0.05) is 30.6 Å². The number of rotatable bonds is 6. The topological polar surface area (TPSA) is 89.7 Å². The second-order valence-corrected chi connectivity index (χ2v) is 7.39. The van der Waals surface area contributed by atoms with Crippen molar-refractivity contribution in [2.45, 2.75) is 38.1 Å². The summed E-state index contributed by atoms with van der Waals surface area (Å²) in [6, 6.07) is 5.97. The predicted octanol–water partition coefficient (Wildman–Crippen LogP) is 2.96. The normalized spacial score (nSPS) is 19.8. The van der Waals surface area contributed by atoms with Crippen molar-refractivity contribution in [2.24, 2.45) is 5.92 Å². The van der Waals surface area contributed by atoms with Gasteiger partial charge in [-0.3, -0.25) is 4.79 Å². The van der Waals surface area contributed by atoms with E-state index >= 15 is 0 Å². The summed E-state index contributed by atoms with van der Waals surface area (Å²) in [6.07, 6.45) is 5.30. The highest BCUT2D eigenvalue weighted by molar-refractivity contribution is 5.79. The fraction of sp³-hybridized carbons (Fsp3) is 0.550. The smallest absolute Gasteiger partial charge is 0.322 e. The molecule has 1 aromatic heterocycles. The monoisotopic (exact) mass is 386 g/mol. The maximum Gasteiger partial charge on any atom is 0.322 e. The number of nitrogens with one attached hydrogen (secondary N) is 1. The quantitative estimate of drug-likeness (QED) is 0.816. The summed E-state index contributed by atoms with van der Waals surface area (Å²) in [5, 5.41) is 7.32. The maximum absolute atomic E-state index is 12.6. The summed E-state index contributed by atoms with van der Waals surface area (Å²) in [5.41, 5.74) is 0.777. The highest BCUT2D eigenvalue weighted by Gasteiger charge is 2.32. The molecule has 1 unspecified atom stereocenters. The molecule has 1 N–H and O–H groups in total. The molecule has 28 heavy (non-hydrogen) atoms. The molecule has 8 heteroatoms. The van der Waals surface area contributed by atoms with Crippen LogP contribution in [0.3, 0.4) is 0 Å². The highest BCUT2D eigenvalue weighted by atomic mass is 16.5. The van der Waals surface area contributed by atoms with Crippen LogP contribution in [0.4, 0.5) is 6.01 Å². The van der Waals surface area contributed by atoms with E-state index in [9.17, 15) is 4.79 Å². The Labute approximate surface area is 164 Å². The van der Waals surface area contributed by atoms with Crippen LogP contribution in [0.5, 0.6) is 11.5 Å². The lowest BCUT2D eigenvalue weighted by molar-refractivity contribution is -0.134. The van der Waals surface area contributed by atoms with Crippen molar-refractivity contribution in [1.29, 1.82) is 0 Å². The Morgan fingerprint density at radius 1 is 1.18 bits per heavy atom. The van der Waals surface area contributed by atoms with E-state index in [4.69, 9.17) is 14.0 Å². The first-order chi connectivity index (χ1) is 13.7. The average molecular weight is 386 g/mol. The molecule has 1 aliphatic carbocycles. The van der Waals surface area contributed by atoms with Gasteiger partial charge in [-0.25, -0.2) is 0 Å². The Hall–Kier alpha value is -2.77. The van der Waals surface area contributed by atoms with Gasteiger partial charge < -0.3 is 24.2 Å². The zero-order valence-corrected chi connectivity index (χ0v) is 16.3. The molecule has 1 aromatic carbocycles. The number of hydrogen-bond acceptors (Lipinski definition) is 7. The number of benzene rings is 1. The number of anilines is 1. The molecule has 1 atom stereocenters. The van der Waals surface area contributed by atoms with Gasteiger partial charge in [-0.05, 0) is 37.5 Å². The Morgan fingerprint density at radius 2 is 1.96 bits per heavy atom. The van der Waals surface area contributed by atoms with Gasteiger partial charge in [0.15, 0.2) is 11.5 Å². The van der Waals surface area contributed by atoms with Gasteiger partial charge in [-0.2, -0.15) is 4.98 Å². The second kappa shape index (κ2) is 8.08. The largest absolute Gasteiger partial charge is 0.493 e. The fourth-order valence-corrected chi connectivity index (χ4v) is 4.06. The molecule has 1 amide bonds. The minimum absolute atomic E-state index is 0.129. The number of aromatic nitrogens is 2. The van der Waals surface area contributed by atoms with E-state index in [1.165, 1.54) is 12.8 Å². The van der Waals surface area contributed by atoms with Crippen LogP contribution in [0.1, 0.15) is 32.1 Å². The Morgan fingerprint density at radius 3 is 2.71 bits per heavy atom. The van der Waals surface area contributed by atoms with Crippen molar-refractivity contribution < 1.29 is 18.8 Å². The predicted molar refractivity (Wildman–Crippen MR) is 103 cm³/mol. The molecule has 2 fully saturated rings. The van der Waals surface area contributed by atoms with Gasteiger partial charge in [0.25, 0.3) is 0 Å². The highest BCUT2D eigenvalue weighted by Crippen LogP contribution is 2.32. The Kier molecular flexibility index (Phi) is 5.36. The first-order valence-corrected chi connectivity index (χ1v) is 9.79. The van der Waals surface area contributed by atoms with Crippen LogP contribution >= 0.6 is 0 Å². The van der Waals surface area contributed by atoms with Crippen LogP contribution in [0.2, 0.25) is 0 Å². The molecule has 150 valence electrons. The third-order valence-electron chi connectivity index (χ3n) is 5.60. The van der Waals surface area contributed by atoms with Crippen LogP contribution in [0, 0.1) is 5.92 Å². The molecule has 1 saturated heterocycles. The van der Waals surface area contributed by atoms with Crippen molar-refractivity contribution in [3.05, 3.63) is 18.2 Å². The standard InChI is InChI=1S/C20H26N4O4/c1-26-16-8-7-14(11-17(16)27-2)18-22-20(28-23-18)21-15-9-10-24(12-15)19(25)13-5-3-4-6-13/h7-8,11,13,15H,3-6,9-10,12H2,1-2H3,(H,21,22,23). The van der Waals surface area contributed by atoms with Gasteiger partial charge in [-0.15, -0.1) is 0 Å². The van der Waals surface area contributed by atoms with E-state index in [0.717, 1.165) is 31.4 Å². The zero-order chi connectivity index (χ0) is 19.5. The zero-order valence-electron chi connectivity index (χ0n) is 16.3. The number of hydrogen-bond donors (Lipinski definition) is 1. The molecule has 2 aliphatic rings.